The van der Waals surface area contributed by atoms with Gasteiger partial charge in [-0.1, -0.05) is 23.2 Å². The van der Waals surface area contributed by atoms with Crippen LogP contribution in [-0.2, 0) is 0 Å². The van der Waals surface area contributed by atoms with Crippen LogP contribution >= 0.6 is 45.8 Å². The molecule has 6 heteroatoms. The van der Waals surface area contributed by atoms with Crippen LogP contribution in [0.5, 0.6) is 0 Å². The fourth-order valence-electron chi connectivity index (χ4n) is 1.27. The lowest BCUT2D eigenvalue weighted by Gasteiger charge is -2.10. The second-order valence-corrected chi connectivity index (χ2v) is 5.40. The lowest BCUT2D eigenvalue weighted by Crippen LogP contribution is -1.98. The van der Waals surface area contributed by atoms with E-state index in [0.29, 0.717) is 16.0 Å². The molecule has 1 aromatic heterocycles. The van der Waals surface area contributed by atoms with Crippen molar-refractivity contribution in [1.82, 2.24) is 9.97 Å². The maximum absolute atomic E-state index is 6.13. The van der Waals surface area contributed by atoms with Gasteiger partial charge in [0.2, 0.25) is 0 Å². The topological polar surface area (TPSA) is 37.8 Å². The molecule has 0 bridgehead atoms. The van der Waals surface area contributed by atoms with Crippen LogP contribution in [0.25, 0.3) is 0 Å². The Morgan fingerprint density at radius 3 is 2.71 bits per heavy atom. The second kappa shape index (κ2) is 5.37. The van der Waals surface area contributed by atoms with Crippen LogP contribution in [0, 0.1) is 10.5 Å². The first-order valence-corrected chi connectivity index (χ1v) is 6.60. The van der Waals surface area contributed by atoms with Gasteiger partial charge in [0, 0.05) is 9.13 Å². The first-order valence-electron chi connectivity index (χ1n) is 4.77. The zero-order valence-corrected chi connectivity index (χ0v) is 12.5. The maximum Gasteiger partial charge on any atom is 0.138 e. The molecule has 0 aliphatic carbocycles. The smallest absolute Gasteiger partial charge is 0.138 e. The minimum atomic E-state index is 0.434. The van der Waals surface area contributed by atoms with E-state index in [1.807, 2.05) is 25.1 Å². The van der Waals surface area contributed by atoms with E-state index in [1.54, 1.807) is 0 Å². The Morgan fingerprint density at radius 2 is 2.00 bits per heavy atom. The molecular formula is C11H8Cl2IN3. The molecule has 1 N–H and O–H groups in total. The van der Waals surface area contributed by atoms with Crippen LogP contribution < -0.4 is 5.32 Å². The molecule has 1 aromatic carbocycles. The van der Waals surface area contributed by atoms with Crippen LogP contribution in [0.3, 0.4) is 0 Å². The van der Waals surface area contributed by atoms with Gasteiger partial charge < -0.3 is 5.32 Å². The molecule has 3 nitrogen and oxygen atoms in total. The van der Waals surface area contributed by atoms with E-state index in [0.717, 1.165) is 14.8 Å². The van der Waals surface area contributed by atoms with Gasteiger partial charge in [-0.2, -0.15) is 0 Å². The summed E-state index contributed by atoms with van der Waals surface area (Å²) in [7, 11) is 0. The fraction of sp³-hybridized carbons (Fsp3) is 0.0909. The molecule has 0 saturated carbocycles. The van der Waals surface area contributed by atoms with Crippen molar-refractivity contribution in [1.29, 1.82) is 0 Å². The molecule has 0 spiro atoms. The van der Waals surface area contributed by atoms with E-state index in [2.05, 4.69) is 37.9 Å². The highest BCUT2D eigenvalue weighted by molar-refractivity contribution is 14.1. The summed E-state index contributed by atoms with van der Waals surface area (Å²) < 4.78 is 1.08. The average Bonchev–Trinajstić information content (AvgIpc) is 2.28. The van der Waals surface area contributed by atoms with Crippen LogP contribution in [0.2, 0.25) is 10.2 Å². The summed E-state index contributed by atoms with van der Waals surface area (Å²) in [5.74, 6) is 0.660. The molecule has 2 aromatic rings. The molecular weight excluding hydrogens is 372 g/mol. The predicted octanol–water partition coefficient (Wildman–Crippen LogP) is 4.44. The van der Waals surface area contributed by atoms with Gasteiger partial charge >= 0.3 is 0 Å². The first kappa shape index (κ1) is 12.9. The average molecular weight is 380 g/mol. The van der Waals surface area contributed by atoms with Crippen LogP contribution in [0.4, 0.5) is 11.5 Å². The summed E-state index contributed by atoms with van der Waals surface area (Å²) >= 11 is 14.3. The van der Waals surface area contributed by atoms with Gasteiger partial charge in [0.15, 0.2) is 0 Å². The Kier molecular flexibility index (Phi) is 4.06. The van der Waals surface area contributed by atoms with Crippen LogP contribution in [0.15, 0.2) is 24.5 Å². The van der Waals surface area contributed by atoms with Gasteiger partial charge in [-0.3, -0.25) is 0 Å². The molecule has 0 aliphatic rings. The Morgan fingerprint density at radius 1 is 1.24 bits per heavy atom. The number of aromatic nitrogens is 2. The van der Waals surface area contributed by atoms with Gasteiger partial charge in [-0.25, -0.2) is 9.97 Å². The van der Waals surface area contributed by atoms with E-state index in [-0.39, 0.29) is 0 Å². The largest absolute Gasteiger partial charge is 0.339 e. The highest BCUT2D eigenvalue weighted by Crippen LogP contribution is 2.28. The van der Waals surface area contributed by atoms with Crippen molar-refractivity contribution in [2.75, 3.05) is 5.32 Å². The number of hydrogen-bond donors (Lipinski definition) is 1. The zero-order valence-electron chi connectivity index (χ0n) is 8.84. The summed E-state index contributed by atoms with van der Waals surface area (Å²) in [5.41, 5.74) is 1.59. The first-order chi connectivity index (χ1) is 8.08. The van der Waals surface area contributed by atoms with Gasteiger partial charge in [-0.05, 0) is 47.7 Å². The highest BCUT2D eigenvalue weighted by Gasteiger charge is 2.07. The minimum Gasteiger partial charge on any atom is -0.339 e. The van der Waals surface area contributed by atoms with E-state index < -0.39 is 0 Å². The van der Waals surface area contributed by atoms with E-state index in [1.165, 1.54) is 6.33 Å². The van der Waals surface area contributed by atoms with Crippen molar-refractivity contribution >= 4 is 57.3 Å². The van der Waals surface area contributed by atoms with Crippen molar-refractivity contribution in [3.63, 3.8) is 0 Å². The maximum atomic E-state index is 6.13. The normalized spacial score (nSPS) is 10.4. The molecule has 0 saturated heterocycles. The van der Waals surface area contributed by atoms with Crippen molar-refractivity contribution in [2.24, 2.45) is 0 Å². The molecule has 0 aliphatic heterocycles. The molecule has 88 valence electrons. The van der Waals surface area contributed by atoms with Crippen molar-refractivity contribution in [2.45, 2.75) is 6.92 Å². The number of hydrogen-bond acceptors (Lipinski definition) is 3. The van der Waals surface area contributed by atoms with Gasteiger partial charge in [-0.15, -0.1) is 0 Å². The molecule has 2 rings (SSSR count). The van der Waals surface area contributed by atoms with Gasteiger partial charge in [0.05, 0.1) is 10.7 Å². The summed E-state index contributed by atoms with van der Waals surface area (Å²) in [6.07, 6.45) is 1.41. The molecule has 0 radical (unpaired) electrons. The summed E-state index contributed by atoms with van der Waals surface area (Å²) in [6.45, 7) is 1.85. The standard InChI is InChI=1S/C11H8Cl2IN3/c1-6-10(13)15-5-16-11(6)17-9-3-2-7(14)4-8(9)12/h2-5H,1H3,(H,15,16,17). The highest BCUT2D eigenvalue weighted by atomic mass is 127. The molecule has 0 amide bonds. The Balaban J connectivity index is 2.35. The SMILES string of the molecule is Cc1c(Cl)ncnc1Nc1ccc(I)cc1Cl. The lowest BCUT2D eigenvalue weighted by molar-refractivity contribution is 1.13. The molecule has 17 heavy (non-hydrogen) atoms. The Hall–Kier alpha value is -0.590. The number of nitrogens with zero attached hydrogens (tertiary/aromatic N) is 2. The Labute approximate surface area is 123 Å². The van der Waals surface area contributed by atoms with Crippen LogP contribution in [0.1, 0.15) is 5.56 Å². The second-order valence-electron chi connectivity index (χ2n) is 3.39. The molecule has 0 unspecified atom stereocenters. The number of anilines is 2. The quantitative estimate of drug-likeness (QED) is 0.619. The third kappa shape index (κ3) is 3.00. The van der Waals surface area contributed by atoms with E-state index in [9.17, 15) is 0 Å². The third-order valence-corrected chi connectivity index (χ3v) is 3.57. The summed E-state index contributed by atoms with van der Waals surface area (Å²) in [4.78, 5) is 8.03. The zero-order chi connectivity index (χ0) is 12.4. The van der Waals surface area contributed by atoms with Crippen molar-refractivity contribution in [3.8, 4) is 0 Å². The van der Waals surface area contributed by atoms with Crippen molar-refractivity contribution < 1.29 is 0 Å². The van der Waals surface area contributed by atoms with E-state index in [4.69, 9.17) is 23.2 Å². The number of halogens is 3. The Bertz CT molecular complexity index is 560. The monoisotopic (exact) mass is 379 g/mol. The van der Waals surface area contributed by atoms with Gasteiger partial charge in [0.1, 0.15) is 17.3 Å². The predicted molar refractivity (Wildman–Crippen MR) is 79.2 cm³/mol. The molecule has 1 heterocycles. The van der Waals surface area contributed by atoms with Gasteiger partial charge in [0.25, 0.3) is 0 Å². The number of nitrogens with one attached hydrogen (secondary N) is 1. The third-order valence-electron chi connectivity index (χ3n) is 2.21. The molecule has 0 atom stereocenters. The number of benzene rings is 1. The van der Waals surface area contributed by atoms with E-state index >= 15 is 0 Å². The summed E-state index contributed by atoms with van der Waals surface area (Å²) in [6, 6.07) is 5.75. The fourth-order valence-corrected chi connectivity index (χ4v) is 2.31. The lowest BCUT2D eigenvalue weighted by atomic mass is 10.3. The molecule has 0 fully saturated rings. The number of rotatable bonds is 2. The minimum absolute atomic E-state index is 0.434. The van der Waals surface area contributed by atoms with Crippen LogP contribution in [-0.4, -0.2) is 9.97 Å². The summed E-state index contributed by atoms with van der Waals surface area (Å²) in [5, 5.41) is 4.22. The van der Waals surface area contributed by atoms with Crippen molar-refractivity contribution in [3.05, 3.63) is 43.8 Å².